The minimum Gasteiger partial charge on any atom is -0.484 e. The molecular weight excluding hydrogens is 323 g/mol. The summed E-state index contributed by atoms with van der Waals surface area (Å²) in [4.78, 5) is 16.3. The zero-order valence-electron chi connectivity index (χ0n) is 13.6. The average molecular weight is 340 g/mol. The first-order valence-electron chi connectivity index (χ1n) is 7.70. The smallest absolute Gasteiger partial charge is 0.258 e. The molecule has 0 aliphatic heterocycles. The van der Waals surface area contributed by atoms with Gasteiger partial charge in [-0.15, -0.1) is 0 Å². The maximum atomic E-state index is 12.8. The molecule has 128 valence electrons. The van der Waals surface area contributed by atoms with Crippen LogP contribution in [0.5, 0.6) is 5.75 Å². The summed E-state index contributed by atoms with van der Waals surface area (Å²) >= 11 is 0. The summed E-state index contributed by atoms with van der Waals surface area (Å²) in [7, 11) is 1.83. The van der Waals surface area contributed by atoms with Gasteiger partial charge in [-0.25, -0.2) is 4.39 Å². The summed E-state index contributed by atoms with van der Waals surface area (Å²) in [6, 6.07) is 9.23. The van der Waals surface area contributed by atoms with Crippen molar-refractivity contribution in [1.82, 2.24) is 20.1 Å². The van der Waals surface area contributed by atoms with Crippen LogP contribution in [-0.2, 0) is 18.4 Å². The number of ether oxygens (including phenoxy) is 1. The average Bonchev–Trinajstić information content (AvgIpc) is 3.06. The largest absolute Gasteiger partial charge is 0.484 e. The fourth-order valence-corrected chi connectivity index (χ4v) is 2.31. The van der Waals surface area contributed by atoms with Gasteiger partial charge >= 0.3 is 0 Å². The molecule has 0 radical (unpaired) electrons. The van der Waals surface area contributed by atoms with Gasteiger partial charge < -0.3 is 10.1 Å². The SMILES string of the molecule is Cn1cc(-c2ncccc2CNC(=O)COc2ccc(F)cc2)cn1. The van der Waals surface area contributed by atoms with E-state index in [1.54, 1.807) is 17.1 Å². The highest BCUT2D eigenvalue weighted by Gasteiger charge is 2.10. The van der Waals surface area contributed by atoms with Gasteiger partial charge in [0.25, 0.3) is 5.91 Å². The lowest BCUT2D eigenvalue weighted by Crippen LogP contribution is -2.28. The van der Waals surface area contributed by atoms with Crippen LogP contribution in [0.2, 0.25) is 0 Å². The number of halogens is 1. The van der Waals surface area contributed by atoms with Crippen molar-refractivity contribution in [3.05, 3.63) is 66.4 Å². The molecule has 2 aromatic heterocycles. The third-order valence-electron chi connectivity index (χ3n) is 3.53. The Balaban J connectivity index is 1.58. The van der Waals surface area contributed by atoms with Gasteiger partial charge in [0.2, 0.25) is 0 Å². The van der Waals surface area contributed by atoms with Gasteiger partial charge in [-0.05, 0) is 35.9 Å². The molecular formula is C18H17FN4O2. The maximum Gasteiger partial charge on any atom is 0.258 e. The highest BCUT2D eigenvalue weighted by atomic mass is 19.1. The first kappa shape index (κ1) is 16.6. The molecule has 0 unspecified atom stereocenters. The number of pyridine rings is 1. The van der Waals surface area contributed by atoms with Crippen molar-refractivity contribution in [3.63, 3.8) is 0 Å². The maximum absolute atomic E-state index is 12.8. The summed E-state index contributed by atoms with van der Waals surface area (Å²) in [5.74, 6) is -0.185. The van der Waals surface area contributed by atoms with Crippen LogP contribution in [0.1, 0.15) is 5.56 Å². The zero-order valence-corrected chi connectivity index (χ0v) is 13.6. The molecule has 25 heavy (non-hydrogen) atoms. The Morgan fingerprint density at radius 1 is 1.28 bits per heavy atom. The minimum absolute atomic E-state index is 0.145. The Morgan fingerprint density at radius 3 is 2.80 bits per heavy atom. The number of hydrogen-bond acceptors (Lipinski definition) is 4. The number of rotatable bonds is 6. The van der Waals surface area contributed by atoms with Crippen LogP contribution < -0.4 is 10.1 Å². The van der Waals surface area contributed by atoms with Gasteiger partial charge in [-0.2, -0.15) is 5.10 Å². The van der Waals surface area contributed by atoms with Gasteiger partial charge in [-0.3, -0.25) is 14.5 Å². The fourth-order valence-electron chi connectivity index (χ4n) is 2.31. The van der Waals surface area contributed by atoms with Crippen molar-refractivity contribution in [2.75, 3.05) is 6.61 Å². The number of carbonyl (C=O) groups excluding carboxylic acids is 1. The van der Waals surface area contributed by atoms with Gasteiger partial charge in [0, 0.05) is 31.5 Å². The molecule has 2 heterocycles. The number of amides is 1. The molecule has 0 spiro atoms. The third kappa shape index (κ3) is 4.41. The molecule has 0 atom stereocenters. The van der Waals surface area contributed by atoms with E-state index in [1.165, 1.54) is 24.3 Å². The van der Waals surface area contributed by atoms with Crippen LogP contribution in [0, 0.1) is 5.82 Å². The Hall–Kier alpha value is -3.22. The Kier molecular flexibility index (Phi) is 5.03. The number of aryl methyl sites for hydroxylation is 1. The van der Waals surface area contributed by atoms with E-state index in [0.717, 1.165) is 16.8 Å². The Bertz CT molecular complexity index is 862. The van der Waals surface area contributed by atoms with E-state index < -0.39 is 0 Å². The van der Waals surface area contributed by atoms with E-state index in [-0.39, 0.29) is 18.3 Å². The van der Waals surface area contributed by atoms with E-state index in [9.17, 15) is 9.18 Å². The van der Waals surface area contributed by atoms with Crippen LogP contribution in [0.15, 0.2) is 55.0 Å². The predicted molar refractivity (Wildman–Crippen MR) is 90.2 cm³/mol. The molecule has 0 fully saturated rings. The number of nitrogens with zero attached hydrogens (tertiary/aromatic N) is 3. The second-order valence-corrected chi connectivity index (χ2v) is 5.43. The van der Waals surface area contributed by atoms with Crippen molar-refractivity contribution < 1.29 is 13.9 Å². The molecule has 0 aliphatic carbocycles. The lowest BCUT2D eigenvalue weighted by Gasteiger charge is -2.10. The minimum atomic E-state index is -0.351. The van der Waals surface area contributed by atoms with Crippen LogP contribution in [0.3, 0.4) is 0 Å². The van der Waals surface area contributed by atoms with E-state index in [2.05, 4.69) is 15.4 Å². The van der Waals surface area contributed by atoms with E-state index in [1.807, 2.05) is 25.4 Å². The summed E-state index contributed by atoms with van der Waals surface area (Å²) in [6.45, 7) is 0.178. The Morgan fingerprint density at radius 2 is 2.08 bits per heavy atom. The molecule has 0 aliphatic rings. The van der Waals surface area contributed by atoms with Gasteiger partial charge in [0.15, 0.2) is 6.61 Å². The molecule has 6 nitrogen and oxygen atoms in total. The van der Waals surface area contributed by atoms with Crippen LogP contribution in [0.25, 0.3) is 11.3 Å². The normalized spacial score (nSPS) is 10.5. The third-order valence-corrected chi connectivity index (χ3v) is 3.53. The lowest BCUT2D eigenvalue weighted by atomic mass is 10.1. The molecule has 1 amide bonds. The van der Waals surface area contributed by atoms with Gasteiger partial charge in [-0.1, -0.05) is 6.07 Å². The number of benzene rings is 1. The van der Waals surface area contributed by atoms with Crippen molar-refractivity contribution in [3.8, 4) is 17.0 Å². The monoisotopic (exact) mass is 340 g/mol. The van der Waals surface area contributed by atoms with Crippen molar-refractivity contribution >= 4 is 5.91 Å². The molecule has 7 heteroatoms. The number of hydrogen-bond donors (Lipinski definition) is 1. The van der Waals surface area contributed by atoms with Crippen LogP contribution >= 0.6 is 0 Å². The molecule has 0 saturated carbocycles. The van der Waals surface area contributed by atoms with Gasteiger partial charge in [0.05, 0.1) is 11.9 Å². The predicted octanol–water partition coefficient (Wildman–Crippen LogP) is 2.32. The van der Waals surface area contributed by atoms with Gasteiger partial charge in [0.1, 0.15) is 11.6 Å². The number of nitrogens with one attached hydrogen (secondary N) is 1. The van der Waals surface area contributed by atoms with E-state index in [4.69, 9.17) is 4.74 Å². The quantitative estimate of drug-likeness (QED) is 0.748. The molecule has 0 bridgehead atoms. The summed E-state index contributed by atoms with van der Waals surface area (Å²) in [5, 5.41) is 6.93. The van der Waals surface area contributed by atoms with Crippen LogP contribution in [-0.4, -0.2) is 27.3 Å². The first-order valence-corrected chi connectivity index (χ1v) is 7.70. The molecule has 3 aromatic rings. The highest BCUT2D eigenvalue weighted by Crippen LogP contribution is 2.20. The fraction of sp³-hybridized carbons (Fsp3) is 0.167. The van der Waals surface area contributed by atoms with E-state index >= 15 is 0 Å². The lowest BCUT2D eigenvalue weighted by molar-refractivity contribution is -0.123. The second kappa shape index (κ2) is 7.57. The summed E-state index contributed by atoms with van der Waals surface area (Å²) in [5.41, 5.74) is 2.54. The first-order chi connectivity index (χ1) is 12.1. The van der Waals surface area contributed by atoms with E-state index in [0.29, 0.717) is 12.3 Å². The zero-order chi connectivity index (χ0) is 17.6. The Labute approximate surface area is 144 Å². The molecule has 0 saturated heterocycles. The molecule has 1 aromatic carbocycles. The molecule has 3 rings (SSSR count). The van der Waals surface area contributed by atoms with Crippen molar-refractivity contribution in [2.45, 2.75) is 6.54 Å². The number of carbonyl (C=O) groups is 1. The molecule has 1 N–H and O–H groups in total. The topological polar surface area (TPSA) is 69.0 Å². The second-order valence-electron chi connectivity index (χ2n) is 5.43. The summed E-state index contributed by atoms with van der Waals surface area (Å²) < 4.78 is 19.8. The van der Waals surface area contributed by atoms with Crippen molar-refractivity contribution in [2.24, 2.45) is 7.05 Å². The highest BCUT2D eigenvalue weighted by molar-refractivity contribution is 5.77. The number of aromatic nitrogens is 3. The van der Waals surface area contributed by atoms with Crippen LogP contribution in [0.4, 0.5) is 4.39 Å². The summed E-state index contributed by atoms with van der Waals surface area (Å²) in [6.07, 6.45) is 5.29. The standard InChI is InChI=1S/C18H17FN4O2/c1-23-11-14(10-22-23)18-13(3-2-8-20-18)9-21-17(24)12-25-16-6-4-15(19)5-7-16/h2-8,10-11H,9,12H2,1H3,(H,21,24). The van der Waals surface area contributed by atoms with Crippen molar-refractivity contribution in [1.29, 1.82) is 0 Å².